The molecule has 0 spiro atoms. The van der Waals surface area contributed by atoms with Crippen LogP contribution in [0.5, 0.6) is 0 Å². The van der Waals surface area contributed by atoms with Gasteiger partial charge in [0.15, 0.2) is 56.2 Å². The van der Waals surface area contributed by atoms with Crippen LogP contribution in [0.25, 0.3) is 0 Å². The average Bonchev–Trinajstić information content (AvgIpc) is 0.668. The minimum Gasteiger partial charge on any atom is -0.479 e. The van der Waals surface area contributed by atoms with Crippen LogP contribution in [0.4, 0.5) is 0 Å². The third-order valence-electron chi connectivity index (χ3n) is 31.6. The van der Waals surface area contributed by atoms with Gasteiger partial charge < -0.3 is 203 Å². The maximum atomic E-state index is 16.4. The van der Waals surface area contributed by atoms with E-state index in [1.807, 2.05) is 6.92 Å². The molecule has 0 amide bonds. The zero-order chi connectivity index (χ0) is 91.9. The predicted octanol–water partition coefficient (Wildman–Crippen LogP) is -7.80. The van der Waals surface area contributed by atoms with Crippen LogP contribution >= 0.6 is 0 Å². The number of fused-ring (bicyclic) bond motifs is 7. The summed E-state index contributed by atoms with van der Waals surface area (Å²) in [5, 5.41) is 270. The molecular weight excluding hydrogens is 1680 g/mol. The Morgan fingerprint density at radius 1 is 0.413 bits per heavy atom. The van der Waals surface area contributed by atoms with Gasteiger partial charge in [0.1, 0.15) is 158 Å². The molecule has 126 heavy (non-hydrogen) atoms. The summed E-state index contributed by atoms with van der Waals surface area (Å²) in [6, 6.07) is 0. The lowest BCUT2D eigenvalue weighted by Crippen LogP contribution is -2.70. The summed E-state index contributed by atoms with van der Waals surface area (Å²) >= 11 is 0. The second-order valence-corrected chi connectivity index (χ2v) is 39.7. The maximum absolute atomic E-state index is 16.4. The van der Waals surface area contributed by atoms with Crippen molar-refractivity contribution >= 4 is 11.9 Å². The number of carboxylic acid groups (broad SMARTS) is 1. The van der Waals surface area contributed by atoms with Gasteiger partial charge in [-0.3, -0.25) is 4.79 Å². The molecule has 52 atom stereocenters. The van der Waals surface area contributed by atoms with E-state index in [1.54, 1.807) is 0 Å². The minimum atomic E-state index is -2.24. The third kappa shape index (κ3) is 17.5. The highest BCUT2D eigenvalue weighted by Gasteiger charge is 2.74. The zero-order valence-electron chi connectivity index (χ0n) is 72.0. The molecule has 8 saturated heterocycles. The van der Waals surface area contributed by atoms with Gasteiger partial charge in [-0.05, 0) is 131 Å². The molecule has 13 fully saturated rings. The smallest absolute Gasteiger partial charge is 0.335 e. The van der Waals surface area contributed by atoms with Crippen molar-refractivity contribution in [3.05, 3.63) is 11.6 Å². The lowest BCUT2D eigenvalue weighted by Gasteiger charge is -2.72. The molecule has 43 nitrogen and oxygen atoms in total. The van der Waals surface area contributed by atoms with E-state index in [9.17, 15) is 127 Å². The Hall–Kier alpha value is -2.88. The fraction of sp³-hybridized carbons (Fsp3) is 0.952. The van der Waals surface area contributed by atoms with Gasteiger partial charge in [0.05, 0.1) is 81.9 Å². The van der Waals surface area contributed by atoms with Gasteiger partial charge in [-0.25, -0.2) is 4.79 Å². The molecule has 724 valence electrons. The number of carboxylic acids is 1. The van der Waals surface area contributed by atoms with Crippen molar-refractivity contribution < 1.29 is 213 Å². The number of hydrogen-bond donors (Lipinski definition) is 24. The quantitative estimate of drug-likeness (QED) is 0.0272. The molecule has 14 rings (SSSR count). The largest absolute Gasteiger partial charge is 0.479 e. The number of carbonyl (C=O) groups excluding carboxylic acids is 1. The second-order valence-electron chi connectivity index (χ2n) is 39.7. The van der Waals surface area contributed by atoms with Gasteiger partial charge in [-0.2, -0.15) is 0 Å². The number of carbonyl (C=O) groups is 2. The van der Waals surface area contributed by atoms with E-state index >= 15 is 4.79 Å². The van der Waals surface area contributed by atoms with E-state index in [1.165, 1.54) is 27.7 Å². The molecule has 0 aromatic heterocycles. The Labute approximate surface area is 726 Å². The highest BCUT2D eigenvalue weighted by atomic mass is 16.8. The molecule has 43 heteroatoms. The van der Waals surface area contributed by atoms with Gasteiger partial charge in [-0.15, -0.1) is 0 Å². The summed E-state index contributed by atoms with van der Waals surface area (Å²) in [5.41, 5.74) is -4.98. The first-order valence-corrected chi connectivity index (χ1v) is 44.2. The van der Waals surface area contributed by atoms with Gasteiger partial charge in [0.2, 0.25) is 6.29 Å². The van der Waals surface area contributed by atoms with Crippen molar-refractivity contribution in [3.63, 3.8) is 0 Å². The predicted molar refractivity (Wildman–Crippen MR) is 414 cm³/mol. The molecule has 6 aliphatic carbocycles. The average molecular weight is 1820 g/mol. The van der Waals surface area contributed by atoms with Crippen LogP contribution in [0.3, 0.4) is 0 Å². The van der Waals surface area contributed by atoms with E-state index in [0.717, 1.165) is 5.57 Å². The molecule has 8 heterocycles. The molecular formula is C83H134O43. The van der Waals surface area contributed by atoms with Crippen LogP contribution in [0.2, 0.25) is 0 Å². The summed E-state index contributed by atoms with van der Waals surface area (Å²) in [5.74, 6) is -5.08. The molecule has 5 saturated carbocycles. The van der Waals surface area contributed by atoms with Gasteiger partial charge in [-0.1, -0.05) is 60.1 Å². The number of hydrogen-bond acceptors (Lipinski definition) is 42. The van der Waals surface area contributed by atoms with Crippen LogP contribution in [-0.4, -0.2) is 431 Å². The highest BCUT2D eigenvalue weighted by Crippen LogP contribution is 2.76. The van der Waals surface area contributed by atoms with Crippen molar-refractivity contribution in [1.29, 1.82) is 0 Å². The Kier molecular flexibility index (Phi) is 29.9. The monoisotopic (exact) mass is 1820 g/mol. The van der Waals surface area contributed by atoms with Gasteiger partial charge >= 0.3 is 11.9 Å². The van der Waals surface area contributed by atoms with Crippen LogP contribution < -0.4 is 0 Å². The minimum absolute atomic E-state index is 0.0134. The molecule has 0 aromatic rings. The van der Waals surface area contributed by atoms with Crippen molar-refractivity contribution in [2.75, 3.05) is 33.0 Å². The van der Waals surface area contributed by atoms with Gasteiger partial charge in [0.25, 0.3) is 0 Å². The topological polar surface area (TPSA) is 677 Å². The lowest BCUT2D eigenvalue weighted by molar-refractivity contribution is -0.393. The fourth-order valence-corrected chi connectivity index (χ4v) is 23.7. The van der Waals surface area contributed by atoms with Crippen LogP contribution in [0.1, 0.15) is 140 Å². The Morgan fingerprint density at radius 3 is 1.61 bits per heavy atom. The second kappa shape index (κ2) is 38.0. The standard InChI is InChI=1S/C83H134O43/c1-28-44(91)38(23-84)116-71(45(28)92)121-62-36(89)26-111-70(58(62)105)119-60-30(3)113-72(55(102)52(60)99)124-66-56(103)61(120-74-59(106)63(46(93)29(2)112-74)115-37-13-12-34(87)47(94)49(37)96)31(4)114-75(66)126-77(109)83-20-19-78(5,6)21-33(83)32-11-14-41-79(7)17-16-43(80(8,27-86)40(79)15-18-81(41,9)82(32,10)22-42(83)90)118-76-67(125-73-54(101)51(98)50(97)39(24-85)117-73)64(57(104)65(123-76)68(107)108)122-69-53(100)48(95)35(88)25-110-69/h11,28-31,33-67,69-76,84-106H,12-27H2,1-10H3,(H,107,108)/t28?,29?,30?,31?,33?,34?,35?,36?,37?,38?,39?,40?,41?,42-,43+,44?,45?,46?,47?,48?,49?,50?,51?,52?,53?,54?,55?,56?,57?,58?,59?,60?,61?,62?,63?,64?,65?,66?,67?,69?,70?,71?,72?,73?,74?,75?,76?,79+,80+,81-,82-,83-/m1/s1. The first-order chi connectivity index (χ1) is 59.2. The summed E-state index contributed by atoms with van der Waals surface area (Å²) in [7, 11) is 0. The summed E-state index contributed by atoms with van der Waals surface area (Å²) in [4.78, 5) is 29.5. The maximum Gasteiger partial charge on any atom is 0.335 e. The Bertz CT molecular complexity index is 3700. The molecule has 24 N–H and O–H groups in total. The van der Waals surface area contributed by atoms with E-state index < -0.39 is 359 Å². The van der Waals surface area contributed by atoms with Crippen LogP contribution in [0, 0.1) is 56.2 Å². The molecule has 0 radical (unpaired) electrons. The van der Waals surface area contributed by atoms with Crippen molar-refractivity contribution in [1.82, 2.24) is 0 Å². The number of aliphatic hydroxyl groups is 23. The van der Waals surface area contributed by atoms with E-state index in [2.05, 4.69) is 40.7 Å². The lowest BCUT2D eigenvalue weighted by atomic mass is 9.33. The summed E-state index contributed by atoms with van der Waals surface area (Å²) in [6.07, 6.45) is -70.2. The first kappa shape index (κ1) is 99.1. The molecule has 8 aliphatic heterocycles. The number of esters is 1. The third-order valence-corrected chi connectivity index (χ3v) is 31.6. The van der Waals surface area contributed by atoms with E-state index in [0.29, 0.717) is 38.5 Å². The Morgan fingerprint density at radius 2 is 0.952 bits per heavy atom. The number of allylic oxidation sites excluding steroid dienone is 2. The fourth-order valence-electron chi connectivity index (χ4n) is 23.7. The van der Waals surface area contributed by atoms with Crippen molar-refractivity contribution in [2.45, 2.75) is 404 Å². The summed E-state index contributed by atoms with van der Waals surface area (Å²) in [6.45, 7) is 14.7. The zero-order valence-corrected chi connectivity index (χ0v) is 72.0. The molecule has 14 aliphatic rings. The first-order valence-electron chi connectivity index (χ1n) is 44.2. The van der Waals surface area contributed by atoms with E-state index in [4.69, 9.17) is 80.5 Å². The number of aliphatic carboxylic acids is 1. The van der Waals surface area contributed by atoms with Crippen molar-refractivity contribution in [2.24, 2.45) is 56.2 Å². The number of ether oxygens (including phenoxy) is 17. The van der Waals surface area contributed by atoms with E-state index in [-0.39, 0.29) is 38.0 Å². The normalized spacial score (nSPS) is 55.3. The van der Waals surface area contributed by atoms with Crippen molar-refractivity contribution in [3.8, 4) is 0 Å². The molecule has 0 aromatic carbocycles. The van der Waals surface area contributed by atoms with Gasteiger partial charge in [0, 0.05) is 11.3 Å². The molecule has 45 unspecified atom stereocenters. The van der Waals surface area contributed by atoms with Crippen LogP contribution in [0.15, 0.2) is 11.6 Å². The molecule has 0 bridgehead atoms. The van der Waals surface area contributed by atoms with Crippen LogP contribution in [-0.2, 0) is 90.1 Å². The SMILES string of the molecule is CC1OC(OC2C(C)OC(OC(=O)[C@]34CCC(C)(C)CC3C3=CCC5[C@@]6(C)CC[C@H](OC7OC(C(=O)O)C(O)C(OC8OCC(O)C(O)C8O)C7OC7OC(CO)C(O)C(O)C7O)[C@@](C)(CO)C6CC[C@@]5(C)[C@]3(C)C[C@H]4O)C(OC3OC(C)C(OC4OCC(O)C(OC5OC(CO)C(O)C(C)C5O)C4O)C(O)C3O)C2O)C(O)C(OC2CCC(O)C(O)C2O)C1O. The number of aliphatic hydroxyl groups excluding tert-OH is 23. The highest BCUT2D eigenvalue weighted by molar-refractivity contribution is 5.80. The Balaban J connectivity index is 0.735. The summed E-state index contributed by atoms with van der Waals surface area (Å²) < 4.78 is 104. The number of rotatable bonds is 22.